The molecule has 0 bridgehead atoms. The van der Waals surface area contributed by atoms with Gasteiger partial charge in [0.2, 0.25) is 0 Å². The van der Waals surface area contributed by atoms with Crippen LogP contribution in [0.3, 0.4) is 0 Å². The lowest BCUT2D eigenvalue weighted by atomic mass is 10.1. The molecule has 2 aromatic rings. The quantitative estimate of drug-likeness (QED) is 0.589. The van der Waals surface area contributed by atoms with Crippen LogP contribution in [0.15, 0.2) is 30.9 Å². The van der Waals surface area contributed by atoms with Crippen LogP contribution in [0.25, 0.3) is 0 Å². The number of nitrogens with one attached hydrogen (secondary N) is 1. The molecular weight excluding hydrogens is 218 g/mol. The zero-order valence-electron chi connectivity index (χ0n) is 9.79. The van der Waals surface area contributed by atoms with Gasteiger partial charge in [0.05, 0.1) is 19.1 Å². The highest BCUT2D eigenvalue weighted by molar-refractivity contribution is 5.33. The highest BCUT2D eigenvalue weighted by Gasteiger charge is 2.20. The fraction of sp³-hybridized carbons (Fsp3) is 0.273. The molecule has 1 unspecified atom stereocenters. The van der Waals surface area contributed by atoms with Crippen LogP contribution in [-0.2, 0) is 7.05 Å². The van der Waals surface area contributed by atoms with Crippen LogP contribution in [0, 0.1) is 0 Å². The summed E-state index contributed by atoms with van der Waals surface area (Å²) >= 11 is 0. The number of rotatable bonds is 4. The molecule has 90 valence electrons. The zero-order chi connectivity index (χ0) is 12.3. The third-order valence-electron chi connectivity index (χ3n) is 2.48. The van der Waals surface area contributed by atoms with Gasteiger partial charge in [0, 0.05) is 19.4 Å². The van der Waals surface area contributed by atoms with Crippen molar-refractivity contribution in [1.29, 1.82) is 0 Å². The first-order valence-corrected chi connectivity index (χ1v) is 5.19. The second-order valence-corrected chi connectivity index (χ2v) is 3.65. The van der Waals surface area contributed by atoms with Crippen LogP contribution < -0.4 is 16.0 Å². The van der Waals surface area contributed by atoms with E-state index >= 15 is 0 Å². The molecule has 0 spiro atoms. The summed E-state index contributed by atoms with van der Waals surface area (Å²) in [5.74, 6) is 6.26. The second-order valence-electron chi connectivity index (χ2n) is 3.65. The number of methoxy groups -OCH3 is 1. The van der Waals surface area contributed by atoms with Crippen molar-refractivity contribution in [3.8, 4) is 5.75 Å². The molecule has 17 heavy (non-hydrogen) atoms. The van der Waals surface area contributed by atoms with Crippen molar-refractivity contribution in [2.24, 2.45) is 12.9 Å². The lowest BCUT2D eigenvalue weighted by Gasteiger charge is -2.15. The molecule has 0 aliphatic heterocycles. The van der Waals surface area contributed by atoms with Gasteiger partial charge in [-0.25, -0.2) is 10.4 Å². The number of imidazole rings is 1. The molecule has 0 aromatic carbocycles. The molecule has 0 saturated carbocycles. The average Bonchev–Trinajstić information content (AvgIpc) is 2.77. The molecule has 0 saturated heterocycles. The molecule has 0 radical (unpaired) electrons. The summed E-state index contributed by atoms with van der Waals surface area (Å²) in [6, 6.07) is 3.37. The molecular formula is C11H15N5O. The van der Waals surface area contributed by atoms with Crippen molar-refractivity contribution < 1.29 is 4.74 Å². The first-order chi connectivity index (χ1) is 8.26. The van der Waals surface area contributed by atoms with E-state index in [-0.39, 0.29) is 6.04 Å². The van der Waals surface area contributed by atoms with Gasteiger partial charge in [-0.05, 0) is 12.1 Å². The largest absolute Gasteiger partial charge is 0.495 e. The summed E-state index contributed by atoms with van der Waals surface area (Å²) in [4.78, 5) is 8.55. The predicted molar refractivity (Wildman–Crippen MR) is 63.2 cm³/mol. The first-order valence-electron chi connectivity index (χ1n) is 5.19. The summed E-state index contributed by atoms with van der Waals surface area (Å²) in [5, 5.41) is 0. The molecule has 6 nitrogen and oxygen atoms in total. The van der Waals surface area contributed by atoms with Gasteiger partial charge in [-0.2, -0.15) is 0 Å². The Morgan fingerprint density at radius 2 is 2.29 bits per heavy atom. The molecule has 2 rings (SSSR count). The van der Waals surface area contributed by atoms with E-state index in [1.807, 2.05) is 29.9 Å². The van der Waals surface area contributed by atoms with E-state index in [2.05, 4.69) is 15.4 Å². The van der Waals surface area contributed by atoms with E-state index in [0.29, 0.717) is 5.75 Å². The van der Waals surface area contributed by atoms with Gasteiger partial charge in [0.15, 0.2) is 0 Å². The number of ether oxygens (including phenoxy) is 1. The van der Waals surface area contributed by atoms with Gasteiger partial charge in [0.1, 0.15) is 17.5 Å². The lowest BCUT2D eigenvalue weighted by Crippen LogP contribution is -2.30. The van der Waals surface area contributed by atoms with Gasteiger partial charge in [-0.3, -0.25) is 10.8 Å². The maximum Gasteiger partial charge on any atom is 0.142 e. The lowest BCUT2D eigenvalue weighted by molar-refractivity contribution is 0.399. The van der Waals surface area contributed by atoms with Gasteiger partial charge >= 0.3 is 0 Å². The molecule has 2 aromatic heterocycles. The van der Waals surface area contributed by atoms with Crippen LogP contribution >= 0.6 is 0 Å². The summed E-state index contributed by atoms with van der Waals surface area (Å²) in [7, 11) is 3.51. The molecule has 2 heterocycles. The van der Waals surface area contributed by atoms with Crippen molar-refractivity contribution in [3.63, 3.8) is 0 Å². The Balaban J connectivity index is 2.41. The van der Waals surface area contributed by atoms with Crippen LogP contribution in [-0.4, -0.2) is 21.6 Å². The smallest absolute Gasteiger partial charge is 0.142 e. The average molecular weight is 233 g/mol. The zero-order valence-corrected chi connectivity index (χ0v) is 9.79. The molecule has 6 heteroatoms. The van der Waals surface area contributed by atoms with E-state index < -0.39 is 0 Å². The standard InChI is InChI=1S/C11H15N5O/c1-16-6-8(14-7-16)10(15-12)11-9(17-2)4-3-5-13-11/h3-7,10,15H,12H2,1-2H3. The third-order valence-corrected chi connectivity index (χ3v) is 2.48. The Morgan fingerprint density at radius 1 is 1.47 bits per heavy atom. The predicted octanol–water partition coefficient (Wildman–Crippen LogP) is 0.376. The minimum atomic E-state index is -0.285. The molecule has 0 amide bonds. The fourth-order valence-corrected chi connectivity index (χ4v) is 1.68. The Morgan fingerprint density at radius 3 is 2.88 bits per heavy atom. The molecule has 0 aliphatic rings. The van der Waals surface area contributed by atoms with Crippen molar-refractivity contribution in [2.45, 2.75) is 6.04 Å². The van der Waals surface area contributed by atoms with Crippen molar-refractivity contribution in [3.05, 3.63) is 42.2 Å². The monoisotopic (exact) mass is 233 g/mol. The topological polar surface area (TPSA) is 78.0 Å². The Kier molecular flexibility index (Phi) is 3.36. The van der Waals surface area contributed by atoms with Crippen molar-refractivity contribution in [2.75, 3.05) is 7.11 Å². The van der Waals surface area contributed by atoms with Crippen molar-refractivity contribution >= 4 is 0 Å². The summed E-state index contributed by atoms with van der Waals surface area (Å²) in [6.07, 6.45) is 5.30. The summed E-state index contributed by atoms with van der Waals surface area (Å²) in [5.41, 5.74) is 4.22. The molecule has 1 atom stereocenters. The Hall–Kier alpha value is -1.92. The Labute approximate surface area is 99.4 Å². The van der Waals surface area contributed by atoms with E-state index in [1.165, 1.54) is 0 Å². The van der Waals surface area contributed by atoms with Crippen LogP contribution in [0.1, 0.15) is 17.4 Å². The number of aryl methyl sites for hydroxylation is 1. The van der Waals surface area contributed by atoms with Crippen LogP contribution in [0.5, 0.6) is 5.75 Å². The SMILES string of the molecule is COc1cccnc1C(NN)c1cn(C)cn1. The summed E-state index contributed by atoms with van der Waals surface area (Å²) in [6.45, 7) is 0. The fourth-order valence-electron chi connectivity index (χ4n) is 1.68. The number of hydrogen-bond acceptors (Lipinski definition) is 5. The number of nitrogens with zero attached hydrogens (tertiary/aromatic N) is 3. The van der Waals surface area contributed by atoms with E-state index in [9.17, 15) is 0 Å². The second kappa shape index (κ2) is 4.94. The van der Waals surface area contributed by atoms with Crippen LogP contribution in [0.4, 0.5) is 0 Å². The van der Waals surface area contributed by atoms with Gasteiger partial charge in [0.25, 0.3) is 0 Å². The van der Waals surface area contributed by atoms with Gasteiger partial charge in [-0.1, -0.05) is 0 Å². The number of hydrogen-bond donors (Lipinski definition) is 2. The number of pyridine rings is 1. The maximum absolute atomic E-state index is 5.57. The van der Waals surface area contributed by atoms with Crippen molar-refractivity contribution in [1.82, 2.24) is 20.0 Å². The normalized spacial score (nSPS) is 12.4. The Bertz CT molecular complexity index is 496. The minimum absolute atomic E-state index is 0.285. The van der Waals surface area contributed by atoms with Crippen LogP contribution in [0.2, 0.25) is 0 Å². The molecule has 3 N–H and O–H groups in total. The van der Waals surface area contributed by atoms with Gasteiger partial charge in [-0.15, -0.1) is 0 Å². The van der Waals surface area contributed by atoms with E-state index in [1.54, 1.807) is 19.6 Å². The third kappa shape index (κ3) is 2.27. The highest BCUT2D eigenvalue weighted by Crippen LogP contribution is 2.25. The van der Waals surface area contributed by atoms with Gasteiger partial charge < -0.3 is 9.30 Å². The van der Waals surface area contributed by atoms with E-state index in [4.69, 9.17) is 10.6 Å². The van der Waals surface area contributed by atoms with E-state index in [0.717, 1.165) is 11.4 Å². The summed E-state index contributed by atoms with van der Waals surface area (Å²) < 4.78 is 7.12. The first kappa shape index (κ1) is 11.6. The number of hydrazine groups is 1. The maximum atomic E-state index is 5.57. The number of aromatic nitrogens is 3. The molecule has 0 aliphatic carbocycles. The number of nitrogens with two attached hydrogens (primary N) is 1. The highest BCUT2D eigenvalue weighted by atomic mass is 16.5. The molecule has 0 fully saturated rings. The minimum Gasteiger partial charge on any atom is -0.495 e.